The van der Waals surface area contributed by atoms with Crippen LogP contribution in [0.1, 0.15) is 33.6 Å². The van der Waals surface area contributed by atoms with Gasteiger partial charge >= 0.3 is 0 Å². The molecule has 2 aromatic rings. The SMILES string of the molecule is CC(C)N(CCCN)C(=O)[C@H](C)N1CC[C@H](NS(=O)(=O)c2ccc3cc(Cl)ccc3c2)C1=O. The summed E-state index contributed by atoms with van der Waals surface area (Å²) >= 11 is 6.00. The molecule has 1 saturated heterocycles. The van der Waals surface area contributed by atoms with Crippen molar-refractivity contribution in [3.63, 3.8) is 0 Å². The predicted molar refractivity (Wildman–Crippen MR) is 129 cm³/mol. The molecule has 0 aliphatic carbocycles. The maximum atomic E-state index is 13.0. The molecule has 1 aliphatic heterocycles. The van der Waals surface area contributed by atoms with E-state index in [4.69, 9.17) is 17.3 Å². The monoisotopic (exact) mass is 494 g/mol. The van der Waals surface area contributed by atoms with Crippen LogP contribution in [0.15, 0.2) is 41.3 Å². The molecule has 0 aromatic heterocycles. The number of nitrogens with zero attached hydrogens (tertiary/aromatic N) is 2. The number of nitrogens with one attached hydrogen (secondary N) is 1. The molecule has 0 spiro atoms. The number of hydrogen-bond donors (Lipinski definition) is 2. The van der Waals surface area contributed by atoms with Crippen LogP contribution in [0, 0.1) is 0 Å². The van der Waals surface area contributed by atoms with Crippen molar-refractivity contribution in [2.24, 2.45) is 5.73 Å². The number of carbonyl (C=O) groups is 2. The highest BCUT2D eigenvalue weighted by Gasteiger charge is 2.40. The summed E-state index contributed by atoms with van der Waals surface area (Å²) in [4.78, 5) is 29.3. The molecule has 1 fully saturated rings. The lowest BCUT2D eigenvalue weighted by atomic mass is 10.1. The number of halogens is 1. The van der Waals surface area contributed by atoms with Gasteiger partial charge in [0.15, 0.2) is 0 Å². The number of likely N-dealkylation sites (tertiary alicyclic amines) is 1. The molecule has 0 radical (unpaired) electrons. The Bertz CT molecular complexity index is 1140. The van der Waals surface area contributed by atoms with E-state index in [1.165, 1.54) is 11.0 Å². The number of benzene rings is 2. The quantitative estimate of drug-likeness (QED) is 0.555. The maximum Gasteiger partial charge on any atom is 0.245 e. The van der Waals surface area contributed by atoms with Crippen molar-refractivity contribution in [1.82, 2.24) is 14.5 Å². The number of carbonyl (C=O) groups excluding carboxylic acids is 2. The lowest BCUT2D eigenvalue weighted by Gasteiger charge is -2.33. The standard InChI is InChI=1S/C23H31ClN4O4S/c1-15(2)27(11-4-10-25)22(29)16(3)28-12-9-21(23(28)30)26-33(31,32)20-8-6-17-13-19(24)7-5-18(17)14-20/h5-8,13-16,21,26H,4,9-12,25H2,1-3H3/t16-,21-/m0/s1. The summed E-state index contributed by atoms with van der Waals surface area (Å²) in [7, 11) is -3.93. The first kappa shape index (κ1) is 25.4. The van der Waals surface area contributed by atoms with E-state index in [9.17, 15) is 18.0 Å². The zero-order valence-electron chi connectivity index (χ0n) is 19.1. The highest BCUT2D eigenvalue weighted by Crippen LogP contribution is 2.24. The lowest BCUT2D eigenvalue weighted by molar-refractivity contribution is -0.144. The molecular weight excluding hydrogens is 464 g/mol. The van der Waals surface area contributed by atoms with E-state index in [2.05, 4.69) is 4.72 Å². The third kappa shape index (κ3) is 5.66. The summed E-state index contributed by atoms with van der Waals surface area (Å²) in [5.41, 5.74) is 5.59. The van der Waals surface area contributed by atoms with Crippen LogP contribution < -0.4 is 10.5 Å². The zero-order chi connectivity index (χ0) is 24.3. The van der Waals surface area contributed by atoms with Crippen LogP contribution in [0.4, 0.5) is 0 Å². The Balaban J connectivity index is 1.72. The van der Waals surface area contributed by atoms with Gasteiger partial charge in [-0.25, -0.2) is 8.42 Å². The Labute approximate surface area is 200 Å². The fourth-order valence-corrected chi connectivity index (χ4v) is 5.51. The number of sulfonamides is 1. The Morgan fingerprint density at radius 2 is 1.88 bits per heavy atom. The van der Waals surface area contributed by atoms with Crippen molar-refractivity contribution in [3.8, 4) is 0 Å². The van der Waals surface area contributed by atoms with Crippen LogP contribution >= 0.6 is 11.6 Å². The molecule has 10 heteroatoms. The Morgan fingerprint density at radius 3 is 2.55 bits per heavy atom. The van der Waals surface area contributed by atoms with Crippen molar-refractivity contribution in [2.45, 2.75) is 56.6 Å². The Hall–Kier alpha value is -2.20. The second-order valence-electron chi connectivity index (χ2n) is 8.59. The minimum absolute atomic E-state index is 0.0266. The third-order valence-corrected chi connectivity index (χ3v) is 7.66. The first-order valence-electron chi connectivity index (χ1n) is 11.1. The maximum absolute atomic E-state index is 13.0. The topological polar surface area (TPSA) is 113 Å². The zero-order valence-corrected chi connectivity index (χ0v) is 20.7. The van der Waals surface area contributed by atoms with E-state index in [0.717, 1.165) is 10.8 Å². The van der Waals surface area contributed by atoms with E-state index in [1.807, 2.05) is 13.8 Å². The van der Waals surface area contributed by atoms with E-state index in [-0.39, 0.29) is 16.8 Å². The molecule has 33 heavy (non-hydrogen) atoms. The smallest absolute Gasteiger partial charge is 0.245 e. The van der Waals surface area contributed by atoms with Gasteiger partial charge in [0.2, 0.25) is 21.8 Å². The van der Waals surface area contributed by atoms with E-state index >= 15 is 0 Å². The van der Waals surface area contributed by atoms with Gasteiger partial charge in [-0.05, 0) is 75.2 Å². The van der Waals surface area contributed by atoms with E-state index in [1.54, 1.807) is 42.2 Å². The third-order valence-electron chi connectivity index (χ3n) is 5.96. The van der Waals surface area contributed by atoms with Crippen LogP contribution in [0.5, 0.6) is 0 Å². The van der Waals surface area contributed by atoms with Gasteiger partial charge < -0.3 is 15.5 Å². The van der Waals surface area contributed by atoms with Crippen molar-refractivity contribution in [3.05, 3.63) is 41.4 Å². The van der Waals surface area contributed by atoms with Crippen molar-refractivity contribution < 1.29 is 18.0 Å². The molecule has 2 atom stereocenters. The molecule has 3 rings (SSSR count). The molecule has 180 valence electrons. The van der Waals surface area contributed by atoms with Gasteiger partial charge in [-0.2, -0.15) is 4.72 Å². The van der Waals surface area contributed by atoms with Gasteiger partial charge in [-0.3, -0.25) is 9.59 Å². The predicted octanol–water partition coefficient (Wildman–Crippen LogP) is 2.35. The fourth-order valence-electron chi connectivity index (χ4n) is 4.07. The second-order valence-corrected chi connectivity index (χ2v) is 10.7. The molecule has 1 aliphatic rings. The summed E-state index contributed by atoms with van der Waals surface area (Å²) in [6.45, 7) is 6.81. The molecule has 0 saturated carbocycles. The van der Waals surface area contributed by atoms with Gasteiger partial charge in [0.25, 0.3) is 0 Å². The number of fused-ring (bicyclic) bond motifs is 1. The average molecular weight is 495 g/mol. The highest BCUT2D eigenvalue weighted by atomic mass is 35.5. The van der Waals surface area contributed by atoms with Gasteiger partial charge in [-0.1, -0.05) is 23.7 Å². The van der Waals surface area contributed by atoms with Crippen LogP contribution in [-0.4, -0.2) is 67.8 Å². The molecule has 0 bridgehead atoms. The van der Waals surface area contributed by atoms with Crippen LogP contribution in [0.3, 0.4) is 0 Å². The number of nitrogens with two attached hydrogens (primary N) is 1. The van der Waals surface area contributed by atoms with Crippen LogP contribution in [0.2, 0.25) is 5.02 Å². The Kier molecular flexibility index (Phi) is 8.00. The molecule has 1 heterocycles. The largest absolute Gasteiger partial charge is 0.338 e. The highest BCUT2D eigenvalue weighted by molar-refractivity contribution is 7.89. The second kappa shape index (κ2) is 10.4. The van der Waals surface area contributed by atoms with Gasteiger partial charge in [0.05, 0.1) is 4.90 Å². The van der Waals surface area contributed by atoms with E-state index < -0.39 is 28.0 Å². The minimum Gasteiger partial charge on any atom is -0.338 e. The van der Waals surface area contributed by atoms with Crippen LogP contribution in [0.25, 0.3) is 10.8 Å². The lowest BCUT2D eigenvalue weighted by Crippen LogP contribution is -2.52. The first-order chi connectivity index (χ1) is 15.5. The van der Waals surface area contributed by atoms with Gasteiger partial charge in [-0.15, -0.1) is 0 Å². The molecular formula is C23H31ClN4O4S. The normalized spacial score (nSPS) is 17.7. The van der Waals surface area contributed by atoms with Crippen LogP contribution in [-0.2, 0) is 19.6 Å². The summed E-state index contributed by atoms with van der Waals surface area (Å²) in [5.74, 6) is -0.557. The van der Waals surface area contributed by atoms with Crippen molar-refractivity contribution in [1.29, 1.82) is 0 Å². The summed E-state index contributed by atoms with van der Waals surface area (Å²) in [6, 6.07) is 8.29. The van der Waals surface area contributed by atoms with Crippen molar-refractivity contribution >= 4 is 44.2 Å². The molecule has 8 nitrogen and oxygen atoms in total. The summed E-state index contributed by atoms with van der Waals surface area (Å²) in [6.07, 6.45) is 0.967. The number of amides is 2. The molecule has 3 N–H and O–H groups in total. The first-order valence-corrected chi connectivity index (χ1v) is 12.9. The fraction of sp³-hybridized carbons (Fsp3) is 0.478. The molecule has 0 unspecified atom stereocenters. The number of hydrogen-bond acceptors (Lipinski definition) is 5. The number of rotatable bonds is 9. The minimum atomic E-state index is -3.93. The van der Waals surface area contributed by atoms with Crippen molar-refractivity contribution in [2.75, 3.05) is 19.6 Å². The molecule has 2 amide bonds. The average Bonchev–Trinajstić information content (AvgIpc) is 3.12. The van der Waals surface area contributed by atoms with E-state index in [0.29, 0.717) is 37.5 Å². The summed E-state index contributed by atoms with van der Waals surface area (Å²) in [5, 5.41) is 2.11. The van der Waals surface area contributed by atoms with Gasteiger partial charge in [0, 0.05) is 24.2 Å². The summed E-state index contributed by atoms with van der Waals surface area (Å²) < 4.78 is 28.5. The molecule has 2 aromatic carbocycles. The Morgan fingerprint density at radius 1 is 1.21 bits per heavy atom. The van der Waals surface area contributed by atoms with Gasteiger partial charge in [0.1, 0.15) is 12.1 Å².